The fourth-order valence-electron chi connectivity index (χ4n) is 7.72. The Labute approximate surface area is 419 Å². The molecule has 0 saturated heterocycles. The Balaban J connectivity index is 4.43. The second kappa shape index (κ2) is 55.9. The number of carbonyl (C=O) groups excluding carboxylic acids is 3. The molecule has 1 atom stereocenters. The molecular formula is C62H104O6. The van der Waals surface area contributed by atoms with Gasteiger partial charge in [0.2, 0.25) is 0 Å². The maximum Gasteiger partial charge on any atom is 0.306 e. The third-order valence-electron chi connectivity index (χ3n) is 11.9. The molecule has 0 fully saturated rings. The first-order valence-corrected chi connectivity index (χ1v) is 28.3. The van der Waals surface area contributed by atoms with Gasteiger partial charge in [-0.05, 0) is 70.6 Å². The number of esters is 3. The largest absolute Gasteiger partial charge is 0.462 e. The number of carbonyl (C=O) groups is 3. The molecule has 0 aromatic rings. The highest BCUT2D eigenvalue weighted by atomic mass is 16.6. The Morgan fingerprint density at radius 2 is 0.662 bits per heavy atom. The topological polar surface area (TPSA) is 78.9 Å². The highest BCUT2D eigenvalue weighted by molar-refractivity contribution is 5.71. The van der Waals surface area contributed by atoms with Crippen LogP contribution in [0.3, 0.4) is 0 Å². The van der Waals surface area contributed by atoms with Crippen LogP contribution in [-0.4, -0.2) is 37.2 Å². The van der Waals surface area contributed by atoms with E-state index in [4.69, 9.17) is 14.2 Å². The summed E-state index contributed by atoms with van der Waals surface area (Å²) in [6, 6.07) is 0. The number of hydrogen-bond donors (Lipinski definition) is 0. The molecule has 0 aliphatic carbocycles. The average molecular weight is 946 g/mol. The normalized spacial score (nSPS) is 12.8. The maximum absolute atomic E-state index is 12.8. The Bertz CT molecular complexity index is 1360. The van der Waals surface area contributed by atoms with Crippen LogP contribution in [0.1, 0.15) is 258 Å². The van der Waals surface area contributed by atoms with Gasteiger partial charge in [-0.3, -0.25) is 14.4 Å². The molecule has 0 N–H and O–H groups in total. The van der Waals surface area contributed by atoms with Crippen molar-refractivity contribution in [3.05, 3.63) is 97.2 Å². The van der Waals surface area contributed by atoms with Gasteiger partial charge in [0.05, 0.1) is 0 Å². The van der Waals surface area contributed by atoms with Gasteiger partial charge in [-0.1, -0.05) is 266 Å². The van der Waals surface area contributed by atoms with Crippen molar-refractivity contribution in [1.82, 2.24) is 0 Å². The van der Waals surface area contributed by atoms with E-state index in [0.717, 1.165) is 103 Å². The molecule has 6 heteroatoms. The number of allylic oxidation sites excluding steroid dienone is 16. The zero-order valence-corrected chi connectivity index (χ0v) is 44.3. The molecule has 0 heterocycles. The van der Waals surface area contributed by atoms with Gasteiger partial charge in [-0.2, -0.15) is 0 Å². The molecule has 0 aliphatic rings. The molecule has 0 spiro atoms. The average Bonchev–Trinajstić information content (AvgIpc) is 3.34. The summed E-state index contributed by atoms with van der Waals surface area (Å²) in [4.78, 5) is 38.1. The smallest absolute Gasteiger partial charge is 0.306 e. The molecule has 0 radical (unpaired) electrons. The predicted molar refractivity (Wildman–Crippen MR) is 293 cm³/mol. The molecule has 0 amide bonds. The van der Waals surface area contributed by atoms with Gasteiger partial charge in [0.15, 0.2) is 6.10 Å². The van der Waals surface area contributed by atoms with E-state index >= 15 is 0 Å². The van der Waals surface area contributed by atoms with E-state index in [1.54, 1.807) is 0 Å². The summed E-state index contributed by atoms with van der Waals surface area (Å²) in [5.41, 5.74) is 0. The fourth-order valence-corrected chi connectivity index (χ4v) is 7.72. The molecule has 0 aromatic heterocycles. The number of rotatable bonds is 50. The van der Waals surface area contributed by atoms with Gasteiger partial charge >= 0.3 is 17.9 Å². The van der Waals surface area contributed by atoms with Crippen molar-refractivity contribution in [1.29, 1.82) is 0 Å². The van der Waals surface area contributed by atoms with Crippen molar-refractivity contribution in [3.8, 4) is 0 Å². The van der Waals surface area contributed by atoms with Gasteiger partial charge < -0.3 is 14.2 Å². The lowest BCUT2D eigenvalue weighted by molar-refractivity contribution is -0.167. The van der Waals surface area contributed by atoms with E-state index in [1.165, 1.54) is 116 Å². The quantitative estimate of drug-likeness (QED) is 0.0199. The Kier molecular flexibility index (Phi) is 52.9. The van der Waals surface area contributed by atoms with Crippen LogP contribution in [0.25, 0.3) is 0 Å². The van der Waals surface area contributed by atoms with Crippen LogP contribution in [0.15, 0.2) is 97.2 Å². The summed E-state index contributed by atoms with van der Waals surface area (Å²) in [5.74, 6) is -0.915. The van der Waals surface area contributed by atoms with E-state index in [0.29, 0.717) is 19.3 Å². The lowest BCUT2D eigenvalue weighted by atomic mass is 10.0. The van der Waals surface area contributed by atoms with Crippen LogP contribution < -0.4 is 0 Å². The van der Waals surface area contributed by atoms with Gasteiger partial charge in [0.1, 0.15) is 13.2 Å². The number of unbranched alkanes of at least 4 members (excludes halogenated alkanes) is 27. The van der Waals surface area contributed by atoms with Crippen molar-refractivity contribution in [3.63, 3.8) is 0 Å². The summed E-state index contributed by atoms with van der Waals surface area (Å²) >= 11 is 0. The molecule has 1 unspecified atom stereocenters. The van der Waals surface area contributed by atoms with Gasteiger partial charge in [-0.15, -0.1) is 0 Å². The molecular weight excluding hydrogens is 841 g/mol. The van der Waals surface area contributed by atoms with Crippen molar-refractivity contribution in [2.24, 2.45) is 0 Å². The first-order chi connectivity index (χ1) is 33.5. The van der Waals surface area contributed by atoms with Crippen molar-refractivity contribution in [2.75, 3.05) is 13.2 Å². The molecule has 68 heavy (non-hydrogen) atoms. The summed E-state index contributed by atoms with van der Waals surface area (Å²) in [6.07, 6.45) is 73.8. The predicted octanol–water partition coefficient (Wildman–Crippen LogP) is 18.9. The van der Waals surface area contributed by atoms with Gasteiger partial charge in [0.25, 0.3) is 0 Å². The third kappa shape index (κ3) is 53.3. The van der Waals surface area contributed by atoms with E-state index in [2.05, 4.69) is 93.7 Å². The van der Waals surface area contributed by atoms with Crippen molar-refractivity contribution in [2.45, 2.75) is 264 Å². The Morgan fingerprint density at radius 1 is 0.324 bits per heavy atom. The molecule has 0 saturated carbocycles. The number of ether oxygens (including phenoxy) is 3. The van der Waals surface area contributed by atoms with E-state index in [1.807, 2.05) is 24.3 Å². The van der Waals surface area contributed by atoms with Gasteiger partial charge in [0, 0.05) is 19.3 Å². The van der Waals surface area contributed by atoms with Gasteiger partial charge in [-0.25, -0.2) is 0 Å². The summed E-state index contributed by atoms with van der Waals surface area (Å²) < 4.78 is 16.8. The van der Waals surface area contributed by atoms with Crippen molar-refractivity contribution >= 4 is 17.9 Å². The first-order valence-electron chi connectivity index (χ1n) is 28.3. The van der Waals surface area contributed by atoms with E-state index in [9.17, 15) is 14.4 Å². The molecule has 0 aromatic carbocycles. The fraction of sp³-hybridized carbons (Fsp3) is 0.694. The summed E-state index contributed by atoms with van der Waals surface area (Å²) in [7, 11) is 0. The SMILES string of the molecule is CC/C=C\C/C=C\C/C=C\CCCCCCCCCCCC(=O)OCC(COC(=O)CCCCCCCCCCCCCCC)OC(=O)CCCCCCC\C=C/C=C\C=C/C=C\C=C/CCC. The first kappa shape index (κ1) is 64.3. The zero-order chi connectivity index (χ0) is 49.3. The lowest BCUT2D eigenvalue weighted by Gasteiger charge is -2.18. The van der Waals surface area contributed by atoms with Crippen molar-refractivity contribution < 1.29 is 28.6 Å². The van der Waals surface area contributed by atoms with Crippen LogP contribution in [0.2, 0.25) is 0 Å². The minimum atomic E-state index is -0.793. The molecule has 0 bridgehead atoms. The molecule has 388 valence electrons. The lowest BCUT2D eigenvalue weighted by Crippen LogP contribution is -2.30. The second-order valence-electron chi connectivity index (χ2n) is 18.6. The van der Waals surface area contributed by atoms with Crippen LogP contribution in [0, 0.1) is 0 Å². The molecule has 0 aliphatic heterocycles. The highest BCUT2D eigenvalue weighted by Crippen LogP contribution is 2.15. The monoisotopic (exact) mass is 945 g/mol. The Hall–Kier alpha value is -3.67. The molecule has 0 rings (SSSR count). The minimum absolute atomic E-state index is 0.0885. The third-order valence-corrected chi connectivity index (χ3v) is 11.9. The highest BCUT2D eigenvalue weighted by Gasteiger charge is 2.19. The summed E-state index contributed by atoms with van der Waals surface area (Å²) in [6.45, 7) is 6.43. The van der Waals surface area contributed by atoms with Crippen LogP contribution in [-0.2, 0) is 28.6 Å². The second-order valence-corrected chi connectivity index (χ2v) is 18.6. The summed E-state index contributed by atoms with van der Waals surface area (Å²) in [5, 5.41) is 0. The maximum atomic E-state index is 12.8. The van der Waals surface area contributed by atoms with Crippen LogP contribution >= 0.6 is 0 Å². The molecule has 6 nitrogen and oxygen atoms in total. The minimum Gasteiger partial charge on any atom is -0.462 e. The van der Waals surface area contributed by atoms with E-state index in [-0.39, 0.29) is 31.1 Å². The standard InChI is InChI=1S/C62H104O6/c1-4-7-10-13-16-19-22-25-27-29-31-33-34-37-40-43-46-49-52-55-61(64)67-58-59(57-66-60(63)54-51-48-45-42-39-36-24-21-18-15-12-9-6-3)68-62(65)56-53-50-47-44-41-38-35-32-30-28-26-23-20-17-14-11-8-5-2/h7,10-11,14,16-17,19-20,23,25-28,30,32,35,59H,4-6,8-9,12-13,15,18,21-22,24,29,31,33-34,36-58H2,1-3H3/b10-7-,14-11-,19-16-,20-17-,26-23-,27-25-,30-28-,35-32-. The van der Waals surface area contributed by atoms with Crippen LogP contribution in [0.4, 0.5) is 0 Å². The van der Waals surface area contributed by atoms with Crippen LogP contribution in [0.5, 0.6) is 0 Å². The Morgan fingerprint density at radius 3 is 1.09 bits per heavy atom. The zero-order valence-electron chi connectivity index (χ0n) is 44.3. The number of hydrogen-bond acceptors (Lipinski definition) is 6. The van der Waals surface area contributed by atoms with E-state index < -0.39 is 6.10 Å².